The molecule has 0 aromatic rings. The van der Waals surface area contributed by atoms with Crippen LogP contribution in [-0.4, -0.2) is 76.2 Å². The number of hydrogen-bond donors (Lipinski definition) is 1. The molecule has 1 atom stereocenters. The zero-order valence-corrected chi connectivity index (χ0v) is 32.3. The number of hydrogen-bond acceptors (Lipinski definition) is 8. The van der Waals surface area contributed by atoms with E-state index in [9.17, 15) is 13.5 Å². The Kier molecular flexibility index (Phi) is 15.9. The van der Waals surface area contributed by atoms with Gasteiger partial charge in [0.05, 0.1) is 18.6 Å². The lowest BCUT2D eigenvalue weighted by molar-refractivity contribution is -0.147. The van der Waals surface area contributed by atoms with E-state index in [2.05, 4.69) is 45.9 Å². The van der Waals surface area contributed by atoms with Crippen molar-refractivity contribution in [2.75, 3.05) is 20.8 Å². The zero-order valence-electron chi connectivity index (χ0n) is 28.5. The van der Waals surface area contributed by atoms with Crippen molar-refractivity contribution in [1.82, 2.24) is 4.90 Å². The van der Waals surface area contributed by atoms with Gasteiger partial charge in [-0.15, -0.1) is 0 Å². The van der Waals surface area contributed by atoms with Crippen molar-refractivity contribution in [3.8, 4) is 0 Å². The average Bonchev–Trinajstić information content (AvgIpc) is 2.81. The molecular formula is C30H57NO7SSi3. The Balaban J connectivity index is 6.61. The van der Waals surface area contributed by atoms with Gasteiger partial charge in [-0.3, -0.25) is 0 Å². The Morgan fingerprint density at radius 2 is 1.55 bits per heavy atom. The van der Waals surface area contributed by atoms with E-state index in [1.807, 2.05) is 57.1 Å². The topological polar surface area (TPSA) is 94.5 Å². The number of methoxy groups -OCH3 is 1. The summed E-state index contributed by atoms with van der Waals surface area (Å²) in [5.41, 5.74) is 2.39. The van der Waals surface area contributed by atoms with Gasteiger partial charge in [0.2, 0.25) is 15.6 Å². The molecule has 1 N–H and O–H groups in total. The lowest BCUT2D eigenvalue weighted by Gasteiger charge is -2.36. The fourth-order valence-corrected chi connectivity index (χ4v) is 16.8. The Labute approximate surface area is 259 Å². The van der Waals surface area contributed by atoms with Gasteiger partial charge in [-0.05, 0) is 110 Å². The van der Waals surface area contributed by atoms with Crippen molar-refractivity contribution >= 4 is 35.0 Å². The SMILES string of the molecule is C=C(C(C)=CCC=CC)S(=O)(=O)C(=CC=C(OC)N(C)C(C)C)C(C)(O)OCC=C[Si](C)(O[Si](C)(C)C)O[Si](C)(C)C. The normalized spacial score (nSPS) is 16.4. The van der Waals surface area contributed by atoms with Crippen LogP contribution in [0.1, 0.15) is 41.0 Å². The van der Waals surface area contributed by atoms with Crippen LogP contribution in [0.4, 0.5) is 0 Å². The highest BCUT2D eigenvalue weighted by atomic mass is 32.2. The molecular weight excluding hydrogens is 603 g/mol. The molecule has 0 rings (SSSR count). The van der Waals surface area contributed by atoms with Crippen molar-refractivity contribution < 1.29 is 31.2 Å². The number of ether oxygens (including phenoxy) is 2. The lowest BCUT2D eigenvalue weighted by Crippen LogP contribution is -2.51. The highest BCUT2D eigenvalue weighted by Crippen LogP contribution is 2.32. The van der Waals surface area contributed by atoms with Crippen molar-refractivity contribution in [3.05, 3.63) is 70.0 Å². The quantitative estimate of drug-likeness (QED) is 0.0546. The van der Waals surface area contributed by atoms with Crippen molar-refractivity contribution in [1.29, 1.82) is 0 Å². The maximum absolute atomic E-state index is 13.9. The average molecular weight is 660 g/mol. The summed E-state index contributed by atoms with van der Waals surface area (Å²) in [6.45, 7) is 27.3. The highest BCUT2D eigenvalue weighted by molar-refractivity contribution is 7.99. The smallest absolute Gasteiger partial charge is 0.341 e. The fraction of sp³-hybridized carbons (Fsp3) is 0.600. The van der Waals surface area contributed by atoms with Crippen LogP contribution >= 0.6 is 0 Å². The fourth-order valence-electron chi connectivity index (χ4n) is 3.91. The zero-order chi connectivity index (χ0) is 33.2. The van der Waals surface area contributed by atoms with Crippen LogP contribution in [0.25, 0.3) is 0 Å². The number of sulfone groups is 1. The summed E-state index contributed by atoms with van der Waals surface area (Å²) in [5.74, 6) is -1.76. The van der Waals surface area contributed by atoms with Crippen LogP contribution in [0.15, 0.2) is 70.0 Å². The second kappa shape index (κ2) is 16.5. The van der Waals surface area contributed by atoms with E-state index in [1.54, 1.807) is 19.1 Å². The minimum Gasteiger partial charge on any atom is -0.482 e. The Morgan fingerprint density at radius 3 is 1.98 bits per heavy atom. The monoisotopic (exact) mass is 659 g/mol. The number of rotatable bonds is 18. The van der Waals surface area contributed by atoms with E-state index in [4.69, 9.17) is 17.7 Å². The van der Waals surface area contributed by atoms with Gasteiger partial charge >= 0.3 is 8.56 Å². The molecule has 8 nitrogen and oxygen atoms in total. The van der Waals surface area contributed by atoms with Crippen LogP contribution in [0, 0.1) is 0 Å². The molecule has 0 aromatic heterocycles. The van der Waals surface area contributed by atoms with Gasteiger partial charge in [-0.1, -0.05) is 30.9 Å². The molecule has 1 unspecified atom stereocenters. The van der Waals surface area contributed by atoms with E-state index in [-0.39, 0.29) is 22.5 Å². The van der Waals surface area contributed by atoms with E-state index in [0.717, 1.165) is 0 Å². The van der Waals surface area contributed by atoms with Crippen LogP contribution in [-0.2, 0) is 27.5 Å². The predicted molar refractivity (Wildman–Crippen MR) is 184 cm³/mol. The molecule has 242 valence electrons. The second-order valence-electron chi connectivity index (χ2n) is 12.7. The first-order chi connectivity index (χ1) is 18.9. The summed E-state index contributed by atoms with van der Waals surface area (Å²) in [6.07, 6.45) is 10.7. The standard InChI is InChI=1S/C30H57NO7SSi3/c1-16-17-18-20-26(4)27(5)39(33,34)28(21-22-29(35-8)31(7)25(2)3)30(6,32)36-23-19-24-42(15,37-40(9,10)11)38-41(12,13)14/h16-17,19-22,24-25,32H,5,18,23H2,1-4,6-15H3. The first-order valence-electron chi connectivity index (χ1n) is 14.3. The molecule has 0 aliphatic heterocycles. The minimum absolute atomic E-state index is 0.0676. The Hall–Kier alpha value is -1.52. The number of aliphatic hydroxyl groups is 1. The number of nitrogens with zero attached hydrogens (tertiary/aromatic N) is 1. The van der Waals surface area contributed by atoms with Crippen LogP contribution in [0.3, 0.4) is 0 Å². The molecule has 0 aliphatic carbocycles. The van der Waals surface area contributed by atoms with Crippen molar-refractivity contribution in [2.24, 2.45) is 0 Å². The summed E-state index contributed by atoms with van der Waals surface area (Å²) >= 11 is 0. The van der Waals surface area contributed by atoms with Crippen LogP contribution < -0.4 is 0 Å². The first kappa shape index (κ1) is 40.5. The van der Waals surface area contributed by atoms with Crippen molar-refractivity contribution in [2.45, 2.75) is 98.7 Å². The summed E-state index contributed by atoms with van der Waals surface area (Å²) < 4.78 is 52.0. The summed E-state index contributed by atoms with van der Waals surface area (Å²) in [7, 11) is -7.44. The molecule has 0 spiro atoms. The summed E-state index contributed by atoms with van der Waals surface area (Å²) in [6, 6.07) is 0.0913. The lowest BCUT2D eigenvalue weighted by atomic mass is 10.2. The third kappa shape index (κ3) is 14.3. The molecule has 0 radical (unpaired) electrons. The van der Waals surface area contributed by atoms with Gasteiger partial charge in [0.25, 0.3) is 0 Å². The molecule has 0 heterocycles. The molecule has 0 aromatic carbocycles. The molecule has 0 amide bonds. The van der Waals surface area contributed by atoms with E-state index >= 15 is 0 Å². The molecule has 0 saturated carbocycles. The number of allylic oxidation sites excluding steroid dienone is 6. The molecule has 12 heteroatoms. The van der Waals surface area contributed by atoms with Crippen molar-refractivity contribution in [3.63, 3.8) is 0 Å². The van der Waals surface area contributed by atoms with Gasteiger partial charge in [-0.2, -0.15) is 0 Å². The first-order valence-corrected chi connectivity index (χ1v) is 25.0. The van der Waals surface area contributed by atoms with E-state index in [0.29, 0.717) is 17.9 Å². The molecule has 0 fully saturated rings. The van der Waals surface area contributed by atoms with Crippen LogP contribution in [0.5, 0.6) is 0 Å². The summed E-state index contributed by atoms with van der Waals surface area (Å²) in [4.78, 5) is 1.38. The molecule has 0 aliphatic rings. The predicted octanol–water partition coefficient (Wildman–Crippen LogP) is 7.13. The maximum Gasteiger partial charge on any atom is 0.341 e. The third-order valence-corrected chi connectivity index (χ3v) is 17.0. The van der Waals surface area contributed by atoms with Gasteiger partial charge in [-0.25, -0.2) is 8.42 Å². The van der Waals surface area contributed by atoms with Gasteiger partial charge < -0.3 is 27.7 Å². The molecule has 0 saturated heterocycles. The maximum atomic E-state index is 13.9. The third-order valence-electron chi connectivity index (χ3n) is 5.91. The molecule has 0 bridgehead atoms. The largest absolute Gasteiger partial charge is 0.482 e. The minimum atomic E-state index is -4.23. The van der Waals surface area contributed by atoms with E-state index < -0.39 is 40.8 Å². The van der Waals surface area contributed by atoms with Gasteiger partial charge in [0, 0.05) is 13.1 Å². The molecule has 42 heavy (non-hydrogen) atoms. The highest BCUT2D eigenvalue weighted by Gasteiger charge is 2.40. The Bertz CT molecular complexity index is 1140. The summed E-state index contributed by atoms with van der Waals surface area (Å²) in [5, 5.41) is 11.5. The van der Waals surface area contributed by atoms with Crippen LogP contribution in [0.2, 0.25) is 45.8 Å². The Morgan fingerprint density at radius 1 is 1.02 bits per heavy atom. The van der Waals surface area contributed by atoms with Gasteiger partial charge in [0.1, 0.15) is 4.91 Å². The van der Waals surface area contributed by atoms with E-state index in [1.165, 1.54) is 26.2 Å². The second-order valence-corrected chi connectivity index (χ2v) is 27.1. The van der Waals surface area contributed by atoms with Gasteiger partial charge in [0.15, 0.2) is 22.5 Å².